The van der Waals surface area contributed by atoms with Crippen molar-refractivity contribution in [2.24, 2.45) is 35.5 Å². The quantitative estimate of drug-likeness (QED) is 0.312. The zero-order chi connectivity index (χ0) is 24.6. The van der Waals surface area contributed by atoms with Crippen LogP contribution in [0.3, 0.4) is 0 Å². The predicted molar refractivity (Wildman–Crippen MR) is 130 cm³/mol. The van der Waals surface area contributed by atoms with Crippen molar-refractivity contribution in [3.63, 3.8) is 0 Å². The van der Waals surface area contributed by atoms with Crippen LogP contribution in [0.5, 0.6) is 0 Å². The minimum Gasteiger partial charge on any atom is -0.292 e. The van der Waals surface area contributed by atoms with E-state index in [1.165, 1.54) is 30.3 Å². The van der Waals surface area contributed by atoms with Crippen molar-refractivity contribution in [1.29, 1.82) is 0 Å². The fourth-order valence-electron chi connectivity index (χ4n) is 6.12. The van der Waals surface area contributed by atoms with E-state index in [-0.39, 0.29) is 33.0 Å². The molecule has 2 aromatic carbocycles. The number of amides is 3. The zero-order valence-electron chi connectivity index (χ0n) is 18.2. The molecule has 2 aromatic rings. The molecule has 9 heteroatoms. The molecule has 3 fully saturated rings. The number of allylic oxidation sites excluding steroid dienone is 2. The second-order valence-electron chi connectivity index (χ2n) is 9.53. The molecule has 5 aliphatic rings. The molecule has 0 unspecified atom stereocenters. The monoisotopic (exact) mass is 528 g/mol. The van der Waals surface area contributed by atoms with Gasteiger partial charge in [0, 0.05) is 10.6 Å². The van der Waals surface area contributed by atoms with E-state index in [4.69, 9.17) is 34.8 Å². The topological polar surface area (TPSA) is 74.8 Å². The van der Waals surface area contributed by atoms with Gasteiger partial charge in [-0.3, -0.25) is 19.2 Å². The third kappa shape index (κ3) is 3.45. The Labute approximate surface area is 216 Å². The van der Waals surface area contributed by atoms with Crippen LogP contribution in [0.2, 0.25) is 15.1 Å². The molecular weight excluding hydrogens is 511 g/mol. The molecule has 1 heterocycles. The van der Waals surface area contributed by atoms with Crippen LogP contribution in [0.15, 0.2) is 54.6 Å². The minimum absolute atomic E-state index is 0.0184. The first-order chi connectivity index (χ1) is 16.8. The summed E-state index contributed by atoms with van der Waals surface area (Å²) in [5.74, 6) is -2.39. The molecule has 0 spiro atoms. The van der Waals surface area contributed by atoms with Crippen LogP contribution >= 0.6 is 34.8 Å². The van der Waals surface area contributed by atoms with Gasteiger partial charge in [0.1, 0.15) is 6.54 Å². The van der Waals surface area contributed by atoms with Crippen LogP contribution in [0, 0.1) is 35.5 Å². The number of nitrogens with zero attached hydrogens (tertiary/aromatic N) is 2. The summed E-state index contributed by atoms with van der Waals surface area (Å²) >= 11 is 18.5. The lowest BCUT2D eigenvalue weighted by Crippen LogP contribution is -2.52. The summed E-state index contributed by atoms with van der Waals surface area (Å²) in [7, 11) is 0. The lowest BCUT2D eigenvalue weighted by molar-refractivity contribution is -0.154. The Balaban J connectivity index is 1.39. The zero-order valence-corrected chi connectivity index (χ0v) is 20.5. The van der Waals surface area contributed by atoms with E-state index >= 15 is 0 Å². The van der Waals surface area contributed by atoms with Gasteiger partial charge >= 0.3 is 0 Å². The molecule has 6 nitrogen and oxygen atoms in total. The molecule has 4 aliphatic carbocycles. The summed E-state index contributed by atoms with van der Waals surface area (Å²) in [5, 5.41) is 2.44. The number of rotatable bonds is 5. The van der Waals surface area contributed by atoms with Gasteiger partial charge in [0.25, 0.3) is 17.7 Å². The molecule has 6 atom stereocenters. The number of hydrazine groups is 1. The van der Waals surface area contributed by atoms with Gasteiger partial charge < -0.3 is 0 Å². The number of carbonyl (C=O) groups is 4. The molecule has 0 aromatic heterocycles. The third-order valence-corrected chi connectivity index (χ3v) is 8.62. The molecular formula is C26H19Cl3N2O4. The average molecular weight is 530 g/mol. The van der Waals surface area contributed by atoms with E-state index in [0.717, 1.165) is 16.4 Å². The van der Waals surface area contributed by atoms with E-state index in [2.05, 4.69) is 0 Å². The number of halogens is 3. The first-order valence-corrected chi connectivity index (χ1v) is 12.5. The standard InChI is InChI=1S/C26H19Cl3N2O4/c27-12-5-6-15(20(29)9-12)21(32)11-30(24(33)16-3-1-2-4-19(16)28)31-25(34)22-13-7-8-14(18-10-17(13)18)23(22)26(31)35/h1-9,13-14,17-18,22-23H,10-11H2/t13-,14-,17-,18-,22-,23+/m0/s1. The third-order valence-electron chi connectivity index (χ3n) is 7.74. The maximum Gasteiger partial charge on any atom is 0.274 e. The van der Waals surface area contributed by atoms with Gasteiger partial charge in [-0.15, -0.1) is 0 Å². The number of ketones is 1. The van der Waals surface area contributed by atoms with E-state index in [9.17, 15) is 19.2 Å². The molecule has 0 N–H and O–H groups in total. The summed E-state index contributed by atoms with van der Waals surface area (Å²) < 4.78 is 0. The molecule has 7 rings (SSSR count). The number of carbonyl (C=O) groups excluding carboxylic acids is 4. The molecule has 2 bridgehead atoms. The molecule has 35 heavy (non-hydrogen) atoms. The van der Waals surface area contributed by atoms with Gasteiger partial charge in [-0.05, 0) is 60.4 Å². The average Bonchev–Trinajstić information content (AvgIpc) is 3.61. The highest BCUT2D eigenvalue weighted by Gasteiger charge is 2.68. The molecule has 1 saturated heterocycles. The van der Waals surface area contributed by atoms with Gasteiger partial charge in [-0.2, -0.15) is 5.01 Å². The van der Waals surface area contributed by atoms with Crippen LogP contribution in [-0.4, -0.2) is 40.1 Å². The van der Waals surface area contributed by atoms with Crippen molar-refractivity contribution in [2.45, 2.75) is 6.42 Å². The van der Waals surface area contributed by atoms with Crippen LogP contribution < -0.4 is 0 Å². The molecule has 1 aliphatic heterocycles. The molecule has 178 valence electrons. The Morgan fingerprint density at radius 1 is 0.857 bits per heavy atom. The maximum atomic E-state index is 13.7. The maximum absolute atomic E-state index is 13.7. The largest absolute Gasteiger partial charge is 0.292 e. The highest BCUT2D eigenvalue weighted by Crippen LogP contribution is 2.65. The van der Waals surface area contributed by atoms with E-state index < -0.39 is 41.9 Å². The predicted octanol–water partition coefficient (Wildman–Crippen LogP) is 4.94. The van der Waals surface area contributed by atoms with Gasteiger partial charge in [0.2, 0.25) is 0 Å². The number of benzene rings is 2. The lowest BCUT2D eigenvalue weighted by Gasteiger charge is -2.37. The van der Waals surface area contributed by atoms with Gasteiger partial charge in [0.05, 0.1) is 27.4 Å². The van der Waals surface area contributed by atoms with E-state index in [1.54, 1.807) is 12.1 Å². The second kappa shape index (κ2) is 8.19. The van der Waals surface area contributed by atoms with Crippen LogP contribution in [-0.2, 0) is 9.59 Å². The van der Waals surface area contributed by atoms with Gasteiger partial charge in [-0.25, -0.2) is 5.01 Å². The minimum atomic E-state index is -0.708. The van der Waals surface area contributed by atoms with Crippen molar-refractivity contribution < 1.29 is 19.2 Å². The van der Waals surface area contributed by atoms with Gasteiger partial charge in [0.15, 0.2) is 5.78 Å². The van der Waals surface area contributed by atoms with Crippen LogP contribution in [0.25, 0.3) is 0 Å². The first-order valence-electron chi connectivity index (χ1n) is 11.4. The van der Waals surface area contributed by atoms with Crippen molar-refractivity contribution in [3.05, 3.63) is 80.8 Å². The van der Waals surface area contributed by atoms with Crippen molar-refractivity contribution in [1.82, 2.24) is 10.0 Å². The number of hydrogen-bond donors (Lipinski definition) is 0. The van der Waals surface area contributed by atoms with E-state index in [0.29, 0.717) is 16.9 Å². The SMILES string of the molecule is O=C(CN(C(=O)c1ccccc1Cl)N1C(=O)[C@@H]2[C@H]3C=C[C@@H]([C@@H]4C[C@@H]34)[C@@H]2C1=O)c1ccc(Cl)cc1Cl. The molecule has 0 radical (unpaired) electrons. The van der Waals surface area contributed by atoms with Crippen molar-refractivity contribution in [2.75, 3.05) is 6.54 Å². The number of Topliss-reactive ketones (excluding diaryl/α,β-unsaturated/α-hetero) is 1. The summed E-state index contributed by atoms with van der Waals surface area (Å²) in [6.45, 7) is -0.558. The lowest BCUT2D eigenvalue weighted by atomic mass is 9.63. The Hall–Kier alpha value is -2.67. The summed E-state index contributed by atoms with van der Waals surface area (Å²) in [6.07, 6.45) is 5.12. The van der Waals surface area contributed by atoms with Crippen LogP contribution in [0.4, 0.5) is 0 Å². The highest BCUT2D eigenvalue weighted by atomic mass is 35.5. The summed E-state index contributed by atoms with van der Waals surface area (Å²) in [4.78, 5) is 54.3. The molecule has 2 saturated carbocycles. The fourth-order valence-corrected chi connectivity index (χ4v) is 6.85. The fraction of sp³-hybridized carbons (Fsp3) is 0.308. The van der Waals surface area contributed by atoms with Crippen molar-refractivity contribution in [3.8, 4) is 0 Å². The first kappa shape index (κ1) is 22.8. The van der Waals surface area contributed by atoms with Crippen molar-refractivity contribution >= 4 is 58.3 Å². The molecule has 3 amide bonds. The van der Waals surface area contributed by atoms with E-state index in [1.807, 2.05) is 12.2 Å². The Morgan fingerprint density at radius 3 is 2.09 bits per heavy atom. The normalized spacial score (nSPS) is 29.7. The Bertz CT molecular complexity index is 1310. The second-order valence-corrected chi connectivity index (χ2v) is 10.8. The smallest absolute Gasteiger partial charge is 0.274 e. The Morgan fingerprint density at radius 2 is 1.49 bits per heavy atom. The summed E-state index contributed by atoms with van der Waals surface area (Å²) in [5.41, 5.74) is 0.219. The van der Waals surface area contributed by atoms with Crippen LogP contribution in [0.1, 0.15) is 27.1 Å². The Kier molecular flexibility index (Phi) is 5.33. The highest BCUT2D eigenvalue weighted by molar-refractivity contribution is 6.37. The van der Waals surface area contributed by atoms with Gasteiger partial charge in [-0.1, -0.05) is 59.1 Å². The number of hydrogen-bond acceptors (Lipinski definition) is 4. The number of imide groups is 1. The summed E-state index contributed by atoms with van der Waals surface area (Å²) in [6, 6.07) is 10.7.